The topological polar surface area (TPSA) is 84.4 Å². The summed E-state index contributed by atoms with van der Waals surface area (Å²) in [6.07, 6.45) is 0.546. The fourth-order valence-corrected chi connectivity index (χ4v) is 2.43. The summed E-state index contributed by atoms with van der Waals surface area (Å²) >= 11 is 0. The van der Waals surface area contributed by atoms with Crippen molar-refractivity contribution in [2.75, 3.05) is 19.7 Å². The van der Waals surface area contributed by atoms with Crippen LogP contribution in [0.25, 0.3) is 0 Å². The summed E-state index contributed by atoms with van der Waals surface area (Å²) in [5.41, 5.74) is 0. The first kappa shape index (κ1) is 15.3. The smallest absolute Gasteiger partial charge is 0.271 e. The molecule has 1 aromatic carbocycles. The highest BCUT2D eigenvalue weighted by molar-refractivity contribution is 5.40. The molecule has 7 nitrogen and oxygen atoms in total. The van der Waals surface area contributed by atoms with Crippen molar-refractivity contribution >= 4 is 0 Å². The molecular formula is C16H18N4O3. The Morgan fingerprint density at radius 2 is 2.17 bits per heavy atom. The zero-order valence-corrected chi connectivity index (χ0v) is 12.9. The van der Waals surface area contributed by atoms with Crippen molar-refractivity contribution in [2.24, 2.45) is 0 Å². The molecule has 23 heavy (non-hydrogen) atoms. The normalized spacial score (nSPS) is 16.3. The van der Waals surface area contributed by atoms with E-state index < -0.39 is 6.10 Å². The third-order valence-corrected chi connectivity index (χ3v) is 3.47. The third kappa shape index (κ3) is 3.60. The molecule has 3 rings (SSSR count). The summed E-state index contributed by atoms with van der Waals surface area (Å²) in [6, 6.07) is 9.62. The van der Waals surface area contributed by atoms with E-state index in [9.17, 15) is 0 Å². The highest BCUT2D eigenvalue weighted by atomic mass is 16.6. The molecule has 0 aliphatic carbocycles. The van der Waals surface area contributed by atoms with Gasteiger partial charge in [-0.2, -0.15) is 10.2 Å². The Hall–Kier alpha value is -2.59. The molecule has 0 bridgehead atoms. The lowest BCUT2D eigenvalue weighted by Gasteiger charge is -2.23. The maximum atomic E-state index is 8.85. The van der Waals surface area contributed by atoms with Gasteiger partial charge in [-0.1, -0.05) is 24.2 Å². The molecule has 2 heterocycles. The van der Waals surface area contributed by atoms with Gasteiger partial charge >= 0.3 is 0 Å². The van der Waals surface area contributed by atoms with E-state index in [1.54, 1.807) is 0 Å². The standard InChI is InChI=1S/C16H18N4O3/c1-2-8-20(9-7-17)10-15-18-16(23-19-15)14-11-21-12-5-3-4-6-13(12)22-14/h3-6,14H,2,8-11H2,1H3/t14-/m0/s1. The number of hydrogen-bond acceptors (Lipinski definition) is 7. The lowest BCUT2D eigenvalue weighted by molar-refractivity contribution is 0.0665. The van der Waals surface area contributed by atoms with Gasteiger partial charge in [-0.25, -0.2) is 0 Å². The van der Waals surface area contributed by atoms with Gasteiger partial charge in [0.05, 0.1) is 19.2 Å². The van der Waals surface area contributed by atoms with Crippen LogP contribution in [0.1, 0.15) is 31.2 Å². The van der Waals surface area contributed by atoms with Gasteiger partial charge in [0.1, 0.15) is 6.61 Å². The molecule has 0 radical (unpaired) electrons. The van der Waals surface area contributed by atoms with Crippen LogP contribution in [0, 0.1) is 11.3 Å². The third-order valence-electron chi connectivity index (χ3n) is 3.47. The summed E-state index contributed by atoms with van der Waals surface area (Å²) in [5, 5.41) is 12.8. The summed E-state index contributed by atoms with van der Waals surface area (Å²) < 4.78 is 16.8. The van der Waals surface area contributed by atoms with Gasteiger partial charge in [-0.15, -0.1) is 0 Å². The number of benzene rings is 1. The maximum Gasteiger partial charge on any atom is 0.271 e. The minimum Gasteiger partial charge on any atom is -0.485 e. The molecule has 120 valence electrons. The Morgan fingerprint density at radius 3 is 2.96 bits per heavy atom. The molecule has 0 fully saturated rings. The number of fused-ring (bicyclic) bond motifs is 1. The maximum absolute atomic E-state index is 8.85. The minimum atomic E-state index is -0.415. The molecule has 1 atom stereocenters. The van der Waals surface area contributed by atoms with Gasteiger partial charge in [-0.3, -0.25) is 4.90 Å². The van der Waals surface area contributed by atoms with Crippen molar-refractivity contribution < 1.29 is 14.0 Å². The van der Waals surface area contributed by atoms with E-state index in [0.29, 0.717) is 42.9 Å². The quantitative estimate of drug-likeness (QED) is 0.756. The molecule has 0 saturated heterocycles. The zero-order chi connectivity index (χ0) is 16.1. The number of nitriles is 1. The first-order chi connectivity index (χ1) is 11.3. The van der Waals surface area contributed by atoms with Crippen LogP contribution in [-0.2, 0) is 6.54 Å². The largest absolute Gasteiger partial charge is 0.485 e. The van der Waals surface area contributed by atoms with Crippen molar-refractivity contribution in [3.05, 3.63) is 36.0 Å². The van der Waals surface area contributed by atoms with Gasteiger partial charge in [0, 0.05) is 0 Å². The van der Waals surface area contributed by atoms with E-state index in [2.05, 4.69) is 23.1 Å². The summed E-state index contributed by atoms with van der Waals surface area (Å²) in [4.78, 5) is 6.35. The predicted octanol–water partition coefficient (Wildman–Crippen LogP) is 2.32. The van der Waals surface area contributed by atoms with Crippen LogP contribution in [0.3, 0.4) is 0 Å². The number of para-hydroxylation sites is 2. The molecule has 0 N–H and O–H groups in total. The molecule has 0 saturated carbocycles. The van der Waals surface area contributed by atoms with Gasteiger partial charge in [0.25, 0.3) is 5.89 Å². The van der Waals surface area contributed by atoms with Crippen molar-refractivity contribution in [3.8, 4) is 17.6 Å². The first-order valence-electron chi connectivity index (χ1n) is 7.60. The Morgan fingerprint density at radius 1 is 1.35 bits per heavy atom. The van der Waals surface area contributed by atoms with E-state index in [1.807, 2.05) is 29.2 Å². The van der Waals surface area contributed by atoms with Gasteiger partial charge in [-0.05, 0) is 25.1 Å². The minimum absolute atomic E-state index is 0.329. The van der Waals surface area contributed by atoms with E-state index in [0.717, 1.165) is 13.0 Å². The molecular weight excluding hydrogens is 296 g/mol. The Balaban J connectivity index is 1.67. The lowest BCUT2D eigenvalue weighted by atomic mass is 10.2. The van der Waals surface area contributed by atoms with Crippen molar-refractivity contribution in [3.63, 3.8) is 0 Å². The second-order valence-electron chi connectivity index (χ2n) is 5.28. The number of hydrogen-bond donors (Lipinski definition) is 0. The number of nitrogens with zero attached hydrogens (tertiary/aromatic N) is 4. The van der Waals surface area contributed by atoms with Crippen molar-refractivity contribution in [1.29, 1.82) is 5.26 Å². The van der Waals surface area contributed by atoms with Crippen molar-refractivity contribution in [1.82, 2.24) is 15.0 Å². The molecule has 7 heteroatoms. The Labute approximate surface area is 134 Å². The van der Waals surface area contributed by atoms with Crippen LogP contribution < -0.4 is 9.47 Å². The van der Waals surface area contributed by atoms with Crippen LogP contribution >= 0.6 is 0 Å². The first-order valence-corrected chi connectivity index (χ1v) is 7.60. The monoisotopic (exact) mass is 314 g/mol. The average Bonchev–Trinajstić information content (AvgIpc) is 3.03. The van der Waals surface area contributed by atoms with Crippen LogP contribution in [0.4, 0.5) is 0 Å². The van der Waals surface area contributed by atoms with Crippen LogP contribution in [-0.4, -0.2) is 34.7 Å². The zero-order valence-electron chi connectivity index (χ0n) is 12.9. The Kier molecular flexibility index (Phi) is 4.74. The lowest BCUT2D eigenvalue weighted by Crippen LogP contribution is -2.25. The fourth-order valence-electron chi connectivity index (χ4n) is 2.43. The molecule has 1 aromatic heterocycles. The van der Waals surface area contributed by atoms with E-state index in [4.69, 9.17) is 19.3 Å². The summed E-state index contributed by atoms with van der Waals surface area (Å²) in [7, 11) is 0. The molecule has 0 spiro atoms. The van der Waals surface area contributed by atoms with E-state index in [1.165, 1.54) is 0 Å². The Bertz CT molecular complexity index is 695. The number of rotatable bonds is 6. The second kappa shape index (κ2) is 7.11. The number of ether oxygens (including phenoxy) is 2. The average molecular weight is 314 g/mol. The summed E-state index contributed by atoms with van der Waals surface area (Å²) in [5.74, 6) is 2.32. The van der Waals surface area contributed by atoms with Gasteiger partial charge in [0.2, 0.25) is 6.10 Å². The van der Waals surface area contributed by atoms with Gasteiger partial charge < -0.3 is 14.0 Å². The second-order valence-corrected chi connectivity index (χ2v) is 5.28. The van der Waals surface area contributed by atoms with E-state index in [-0.39, 0.29) is 0 Å². The number of aromatic nitrogens is 2. The highest BCUT2D eigenvalue weighted by Crippen LogP contribution is 2.35. The predicted molar refractivity (Wildman–Crippen MR) is 80.8 cm³/mol. The molecule has 1 aliphatic rings. The van der Waals surface area contributed by atoms with Gasteiger partial charge in [0.15, 0.2) is 17.3 Å². The van der Waals surface area contributed by atoms with Crippen molar-refractivity contribution in [2.45, 2.75) is 26.0 Å². The molecule has 0 unspecified atom stereocenters. The molecule has 2 aromatic rings. The van der Waals surface area contributed by atoms with Crippen LogP contribution in [0.5, 0.6) is 11.5 Å². The highest BCUT2D eigenvalue weighted by Gasteiger charge is 2.27. The fraction of sp³-hybridized carbons (Fsp3) is 0.438. The summed E-state index contributed by atoms with van der Waals surface area (Å²) in [6.45, 7) is 4.03. The van der Waals surface area contributed by atoms with E-state index >= 15 is 0 Å². The molecule has 0 amide bonds. The SMILES string of the molecule is CCCN(CC#N)Cc1noc([C@@H]2COc3ccccc3O2)n1. The molecule has 1 aliphatic heterocycles. The van der Waals surface area contributed by atoms with Crippen LogP contribution in [0.15, 0.2) is 28.8 Å². The van der Waals surface area contributed by atoms with Crippen LogP contribution in [0.2, 0.25) is 0 Å².